The zero-order valence-electron chi connectivity index (χ0n) is 12.0. The van der Waals surface area contributed by atoms with Gasteiger partial charge in [-0.1, -0.05) is 18.2 Å². The average molecular weight is 256 g/mol. The molecule has 0 radical (unpaired) electrons. The first-order chi connectivity index (χ1) is 9.12. The van der Waals surface area contributed by atoms with Gasteiger partial charge in [-0.15, -0.1) is 0 Å². The minimum absolute atomic E-state index is 0.713. The van der Waals surface area contributed by atoms with Crippen molar-refractivity contribution in [2.75, 3.05) is 20.7 Å². The van der Waals surface area contributed by atoms with Crippen LogP contribution in [0.3, 0.4) is 0 Å². The molecule has 0 aliphatic rings. The van der Waals surface area contributed by atoms with E-state index in [0.29, 0.717) is 6.61 Å². The summed E-state index contributed by atoms with van der Waals surface area (Å²) in [6.07, 6.45) is 0. The number of benzene rings is 2. The zero-order valence-corrected chi connectivity index (χ0v) is 12.0. The van der Waals surface area contributed by atoms with Crippen LogP contribution in [0.4, 0.5) is 5.69 Å². The van der Waals surface area contributed by atoms with Crippen LogP contribution in [0.5, 0.6) is 5.75 Å². The number of rotatable bonds is 5. The summed E-state index contributed by atoms with van der Waals surface area (Å²) in [7, 11) is 4.46. The fourth-order valence-electron chi connectivity index (χ4n) is 2.24. The van der Waals surface area contributed by atoms with Crippen molar-refractivity contribution < 1.29 is 4.74 Å². The Labute approximate surface area is 115 Å². The van der Waals surface area contributed by atoms with Gasteiger partial charge < -0.3 is 4.74 Å². The maximum Gasteiger partial charge on any atom is 0.132 e. The summed E-state index contributed by atoms with van der Waals surface area (Å²) >= 11 is 0. The van der Waals surface area contributed by atoms with Gasteiger partial charge in [0.2, 0.25) is 0 Å². The van der Waals surface area contributed by atoms with Gasteiger partial charge in [-0.25, -0.2) is 0 Å². The molecule has 0 unspecified atom stereocenters. The van der Waals surface area contributed by atoms with Crippen molar-refractivity contribution in [2.24, 2.45) is 0 Å². The zero-order chi connectivity index (χ0) is 13.7. The summed E-state index contributed by atoms with van der Waals surface area (Å²) in [5, 5.41) is 0. The van der Waals surface area contributed by atoms with E-state index in [4.69, 9.17) is 4.74 Å². The first-order valence-electron chi connectivity index (χ1n) is 6.72. The van der Waals surface area contributed by atoms with E-state index >= 15 is 0 Å². The van der Waals surface area contributed by atoms with Crippen LogP contribution in [-0.2, 0) is 6.54 Å². The quantitative estimate of drug-likeness (QED) is 0.738. The lowest BCUT2D eigenvalue weighted by Crippen LogP contribution is -2.39. The second-order valence-electron chi connectivity index (χ2n) is 5.26. The molecule has 19 heavy (non-hydrogen) atoms. The summed E-state index contributed by atoms with van der Waals surface area (Å²) < 4.78 is 6.31. The molecule has 2 rings (SSSR count). The van der Waals surface area contributed by atoms with Crippen molar-refractivity contribution in [2.45, 2.75) is 13.5 Å². The van der Waals surface area contributed by atoms with Gasteiger partial charge >= 0.3 is 0 Å². The molecule has 0 aliphatic heterocycles. The predicted molar refractivity (Wildman–Crippen MR) is 81.4 cm³/mol. The lowest BCUT2D eigenvalue weighted by molar-refractivity contribution is 0.339. The van der Waals surface area contributed by atoms with Crippen molar-refractivity contribution in [3.8, 4) is 5.75 Å². The third kappa shape index (κ3) is 3.58. The van der Waals surface area contributed by atoms with Crippen molar-refractivity contribution in [3.05, 3.63) is 60.2 Å². The SMILES string of the molecule is CCOc1ccc(C[N+](C)(C)c2ccccc2)cc1. The highest BCUT2D eigenvalue weighted by Crippen LogP contribution is 2.22. The highest BCUT2D eigenvalue weighted by atomic mass is 16.5. The van der Waals surface area contributed by atoms with Crippen molar-refractivity contribution in [3.63, 3.8) is 0 Å². The molecule has 0 heterocycles. The molecule has 2 aromatic carbocycles. The molecule has 0 N–H and O–H groups in total. The molecule has 0 amide bonds. The molecular formula is C17H22NO+. The van der Waals surface area contributed by atoms with E-state index in [1.165, 1.54) is 11.3 Å². The summed E-state index contributed by atoms with van der Waals surface area (Å²) in [6.45, 7) is 3.69. The number of hydrogen-bond donors (Lipinski definition) is 0. The molecule has 0 aromatic heterocycles. The van der Waals surface area contributed by atoms with Crippen molar-refractivity contribution in [1.29, 1.82) is 0 Å². The van der Waals surface area contributed by atoms with Gasteiger partial charge in [-0.05, 0) is 43.3 Å². The van der Waals surface area contributed by atoms with Crippen LogP contribution in [-0.4, -0.2) is 20.7 Å². The van der Waals surface area contributed by atoms with Crippen molar-refractivity contribution in [1.82, 2.24) is 4.48 Å². The molecule has 2 aromatic rings. The Morgan fingerprint density at radius 3 is 2.11 bits per heavy atom. The summed E-state index contributed by atoms with van der Waals surface area (Å²) in [5.41, 5.74) is 2.63. The fraction of sp³-hybridized carbons (Fsp3) is 0.294. The minimum atomic E-state index is 0.713. The lowest BCUT2D eigenvalue weighted by atomic mass is 10.1. The molecular weight excluding hydrogens is 234 g/mol. The van der Waals surface area contributed by atoms with E-state index in [9.17, 15) is 0 Å². The van der Waals surface area contributed by atoms with E-state index in [-0.39, 0.29) is 0 Å². The van der Waals surface area contributed by atoms with Gasteiger partial charge in [-0.3, -0.25) is 4.48 Å². The molecule has 2 nitrogen and oxygen atoms in total. The van der Waals surface area contributed by atoms with Gasteiger partial charge in [0.15, 0.2) is 0 Å². The third-order valence-corrected chi connectivity index (χ3v) is 3.27. The standard InChI is InChI=1S/C17H22NO/c1-4-19-17-12-10-15(11-13-17)14-18(2,3)16-8-6-5-7-9-16/h5-13H,4,14H2,1-3H3/q+1. The van der Waals surface area contributed by atoms with Crippen LogP contribution in [0.25, 0.3) is 0 Å². The highest BCUT2D eigenvalue weighted by molar-refractivity contribution is 5.42. The molecule has 0 bridgehead atoms. The summed E-state index contributed by atoms with van der Waals surface area (Å²) in [5.74, 6) is 0.941. The number of ether oxygens (including phenoxy) is 1. The molecule has 0 saturated heterocycles. The highest BCUT2D eigenvalue weighted by Gasteiger charge is 2.18. The Bertz CT molecular complexity index is 503. The van der Waals surface area contributed by atoms with E-state index < -0.39 is 0 Å². The smallest absolute Gasteiger partial charge is 0.132 e. The van der Waals surface area contributed by atoms with Crippen LogP contribution in [0, 0.1) is 0 Å². The fourth-order valence-corrected chi connectivity index (χ4v) is 2.24. The maximum absolute atomic E-state index is 5.47. The Morgan fingerprint density at radius 1 is 0.895 bits per heavy atom. The Balaban J connectivity index is 2.11. The second kappa shape index (κ2) is 5.89. The van der Waals surface area contributed by atoms with Gasteiger partial charge in [0.25, 0.3) is 0 Å². The Morgan fingerprint density at radius 2 is 1.53 bits per heavy atom. The average Bonchev–Trinajstić information content (AvgIpc) is 2.42. The first kappa shape index (κ1) is 13.6. The normalized spacial score (nSPS) is 11.3. The van der Waals surface area contributed by atoms with Gasteiger partial charge in [0.1, 0.15) is 18.0 Å². The lowest BCUT2D eigenvalue weighted by Gasteiger charge is -2.29. The molecule has 0 atom stereocenters. The van der Waals surface area contributed by atoms with Crippen LogP contribution in [0.2, 0.25) is 0 Å². The molecule has 0 spiro atoms. The molecule has 100 valence electrons. The maximum atomic E-state index is 5.47. The van der Waals surface area contributed by atoms with Gasteiger partial charge in [-0.2, -0.15) is 0 Å². The largest absolute Gasteiger partial charge is 0.494 e. The summed E-state index contributed by atoms with van der Waals surface area (Å²) in [6, 6.07) is 19.0. The van der Waals surface area contributed by atoms with E-state index in [1.807, 2.05) is 19.1 Å². The number of nitrogens with zero attached hydrogens (tertiary/aromatic N) is 1. The third-order valence-electron chi connectivity index (χ3n) is 3.27. The van der Waals surface area contributed by atoms with Crippen LogP contribution in [0.1, 0.15) is 12.5 Å². The van der Waals surface area contributed by atoms with Gasteiger partial charge in [0, 0.05) is 5.56 Å². The van der Waals surface area contributed by atoms with Crippen LogP contribution in [0.15, 0.2) is 54.6 Å². The number of quaternary nitrogens is 1. The summed E-state index contributed by atoms with van der Waals surface area (Å²) in [4.78, 5) is 0. The molecule has 0 fully saturated rings. The van der Waals surface area contributed by atoms with Crippen LogP contribution >= 0.6 is 0 Å². The van der Waals surface area contributed by atoms with Crippen LogP contribution < -0.4 is 9.22 Å². The van der Waals surface area contributed by atoms with E-state index in [0.717, 1.165) is 16.8 Å². The number of para-hydroxylation sites is 1. The van der Waals surface area contributed by atoms with Crippen molar-refractivity contribution >= 4 is 5.69 Å². The van der Waals surface area contributed by atoms with E-state index in [2.05, 4.69) is 56.6 Å². The minimum Gasteiger partial charge on any atom is -0.494 e. The first-order valence-corrected chi connectivity index (χ1v) is 6.72. The van der Waals surface area contributed by atoms with E-state index in [1.54, 1.807) is 0 Å². The number of hydrogen-bond acceptors (Lipinski definition) is 1. The molecule has 0 aliphatic carbocycles. The Kier molecular flexibility index (Phi) is 4.23. The molecule has 2 heteroatoms. The monoisotopic (exact) mass is 256 g/mol. The molecule has 0 saturated carbocycles. The second-order valence-corrected chi connectivity index (χ2v) is 5.26. The topological polar surface area (TPSA) is 9.23 Å². The van der Waals surface area contributed by atoms with Gasteiger partial charge in [0.05, 0.1) is 20.7 Å². The predicted octanol–water partition coefficient (Wildman–Crippen LogP) is 3.85. The Hall–Kier alpha value is -1.80.